The van der Waals surface area contributed by atoms with Gasteiger partial charge in [-0.25, -0.2) is 0 Å². The van der Waals surface area contributed by atoms with E-state index in [0.29, 0.717) is 6.42 Å². The molecule has 0 bridgehead atoms. The predicted octanol–water partition coefficient (Wildman–Crippen LogP) is 1.07. The number of hydrogen-bond donors (Lipinski definition) is 0. The van der Waals surface area contributed by atoms with Crippen LogP contribution in [-0.4, -0.2) is 21.3 Å². The molecule has 4 heteroatoms. The summed E-state index contributed by atoms with van der Waals surface area (Å²) in [7, 11) is 0. The molecule has 1 aromatic heterocycles. The second kappa shape index (κ2) is 3.68. The van der Waals surface area contributed by atoms with Crippen molar-refractivity contribution in [3.63, 3.8) is 0 Å². The van der Waals surface area contributed by atoms with Crippen molar-refractivity contribution in [3.8, 4) is 0 Å². The van der Waals surface area contributed by atoms with Gasteiger partial charge in [0.15, 0.2) is 0 Å². The van der Waals surface area contributed by atoms with Gasteiger partial charge in [0, 0.05) is 24.6 Å². The Morgan fingerprint density at radius 2 is 2.31 bits per heavy atom. The third-order valence-electron chi connectivity index (χ3n) is 1.87. The first-order valence-corrected chi connectivity index (χ1v) is 4.43. The average molecular weight is 181 g/mol. The molecule has 0 unspecified atom stereocenters. The Labute approximate surface area is 77.9 Å². The molecular weight excluding hydrogens is 166 g/mol. The number of hydrogen-bond acceptors (Lipinski definition) is 3. The Bertz CT molecular complexity index is 291. The zero-order valence-corrected chi connectivity index (χ0v) is 8.32. The van der Waals surface area contributed by atoms with E-state index >= 15 is 0 Å². The summed E-state index contributed by atoms with van der Waals surface area (Å²) in [6, 6.07) is 0. The lowest BCUT2D eigenvalue weighted by Crippen LogP contribution is -2.16. The van der Waals surface area contributed by atoms with Crippen molar-refractivity contribution in [1.82, 2.24) is 15.0 Å². The number of aldehydes is 1. The quantitative estimate of drug-likeness (QED) is 0.653. The van der Waals surface area contributed by atoms with E-state index < -0.39 is 0 Å². The fourth-order valence-electron chi connectivity index (χ4n) is 1.08. The van der Waals surface area contributed by atoms with Crippen LogP contribution >= 0.6 is 0 Å². The van der Waals surface area contributed by atoms with E-state index in [9.17, 15) is 4.79 Å². The fourth-order valence-corrected chi connectivity index (χ4v) is 1.08. The third-order valence-corrected chi connectivity index (χ3v) is 1.87. The number of carbonyl (C=O) groups is 1. The van der Waals surface area contributed by atoms with Crippen LogP contribution in [0.4, 0.5) is 0 Å². The normalized spacial score (nSPS) is 11.6. The van der Waals surface area contributed by atoms with E-state index in [4.69, 9.17) is 0 Å². The summed E-state index contributed by atoms with van der Waals surface area (Å²) in [5, 5.41) is 7.88. The van der Waals surface area contributed by atoms with Crippen LogP contribution < -0.4 is 0 Å². The van der Waals surface area contributed by atoms with Crippen molar-refractivity contribution in [2.24, 2.45) is 5.41 Å². The Kier molecular flexibility index (Phi) is 2.80. The molecule has 0 spiro atoms. The van der Waals surface area contributed by atoms with E-state index in [0.717, 1.165) is 18.5 Å². The van der Waals surface area contributed by atoms with Crippen molar-refractivity contribution in [2.75, 3.05) is 0 Å². The molecule has 0 aliphatic heterocycles. The van der Waals surface area contributed by atoms with Crippen molar-refractivity contribution >= 4 is 6.29 Å². The van der Waals surface area contributed by atoms with Crippen LogP contribution in [0.1, 0.15) is 26.5 Å². The lowest BCUT2D eigenvalue weighted by Gasteiger charge is -2.13. The highest BCUT2D eigenvalue weighted by Gasteiger charge is 2.18. The maximum atomic E-state index is 10.7. The highest BCUT2D eigenvalue weighted by Crippen LogP contribution is 2.16. The standard InChI is InChI=1S/C9H15N3O/c1-4-12-6-8(10-11-12)5-9(2,3)7-13/h6-7H,4-5H2,1-3H3. The van der Waals surface area contributed by atoms with Gasteiger partial charge in [-0.2, -0.15) is 0 Å². The number of nitrogens with zero attached hydrogens (tertiary/aromatic N) is 3. The monoisotopic (exact) mass is 181 g/mol. The SMILES string of the molecule is CCn1cc(CC(C)(C)C=O)nn1. The molecule has 0 atom stereocenters. The van der Waals surface area contributed by atoms with Gasteiger partial charge in [-0.3, -0.25) is 4.68 Å². The number of rotatable bonds is 4. The molecule has 4 nitrogen and oxygen atoms in total. The van der Waals surface area contributed by atoms with E-state index in [1.54, 1.807) is 4.68 Å². The second-order valence-electron chi connectivity index (χ2n) is 3.85. The molecule has 1 rings (SSSR count). The minimum atomic E-state index is -0.339. The van der Waals surface area contributed by atoms with Gasteiger partial charge >= 0.3 is 0 Å². The zero-order valence-electron chi connectivity index (χ0n) is 8.32. The Balaban J connectivity index is 2.69. The predicted molar refractivity (Wildman–Crippen MR) is 49.2 cm³/mol. The van der Waals surface area contributed by atoms with Crippen molar-refractivity contribution in [2.45, 2.75) is 33.7 Å². The van der Waals surface area contributed by atoms with Gasteiger partial charge in [-0.15, -0.1) is 5.10 Å². The summed E-state index contributed by atoms with van der Waals surface area (Å²) >= 11 is 0. The van der Waals surface area contributed by atoms with E-state index in [2.05, 4.69) is 10.3 Å². The van der Waals surface area contributed by atoms with Crippen LogP contribution in [0.25, 0.3) is 0 Å². The van der Waals surface area contributed by atoms with Crippen LogP contribution in [0.2, 0.25) is 0 Å². The van der Waals surface area contributed by atoms with Gasteiger partial charge in [0.1, 0.15) is 6.29 Å². The van der Waals surface area contributed by atoms with Gasteiger partial charge in [-0.05, 0) is 6.92 Å². The smallest absolute Gasteiger partial charge is 0.125 e. The molecule has 1 aromatic rings. The summed E-state index contributed by atoms with van der Waals surface area (Å²) in [5.74, 6) is 0. The topological polar surface area (TPSA) is 47.8 Å². The van der Waals surface area contributed by atoms with Gasteiger partial charge in [0.2, 0.25) is 0 Å². The third kappa shape index (κ3) is 2.65. The Morgan fingerprint density at radius 1 is 1.62 bits per heavy atom. The molecule has 0 fully saturated rings. The molecule has 0 aliphatic carbocycles. The summed E-state index contributed by atoms with van der Waals surface area (Å²) in [6.45, 7) is 6.60. The molecule has 0 N–H and O–H groups in total. The minimum absolute atomic E-state index is 0.339. The molecule has 72 valence electrons. The van der Waals surface area contributed by atoms with E-state index in [1.165, 1.54) is 0 Å². The van der Waals surface area contributed by atoms with E-state index in [1.807, 2.05) is 27.0 Å². The number of aryl methyl sites for hydroxylation is 1. The maximum absolute atomic E-state index is 10.7. The van der Waals surface area contributed by atoms with Crippen LogP contribution in [-0.2, 0) is 17.8 Å². The molecular formula is C9H15N3O. The summed E-state index contributed by atoms with van der Waals surface area (Å²) in [5.41, 5.74) is 0.535. The molecule has 0 aliphatic rings. The van der Waals surface area contributed by atoms with Gasteiger partial charge in [-0.1, -0.05) is 19.1 Å². The lowest BCUT2D eigenvalue weighted by molar-refractivity contribution is -0.114. The fraction of sp³-hybridized carbons (Fsp3) is 0.667. The van der Waals surface area contributed by atoms with Crippen LogP contribution in [0.3, 0.4) is 0 Å². The Hall–Kier alpha value is -1.19. The van der Waals surface area contributed by atoms with Crippen molar-refractivity contribution in [1.29, 1.82) is 0 Å². The number of carbonyl (C=O) groups excluding carboxylic acids is 1. The number of aromatic nitrogens is 3. The molecule has 1 heterocycles. The zero-order chi connectivity index (χ0) is 9.90. The molecule has 0 amide bonds. The van der Waals surface area contributed by atoms with Crippen LogP contribution in [0.5, 0.6) is 0 Å². The van der Waals surface area contributed by atoms with Crippen LogP contribution in [0, 0.1) is 5.41 Å². The van der Waals surface area contributed by atoms with Gasteiger partial charge in [0.25, 0.3) is 0 Å². The van der Waals surface area contributed by atoms with Crippen molar-refractivity contribution in [3.05, 3.63) is 11.9 Å². The molecule has 0 aromatic carbocycles. The highest BCUT2D eigenvalue weighted by molar-refractivity contribution is 5.58. The Morgan fingerprint density at radius 3 is 2.77 bits per heavy atom. The first-order chi connectivity index (χ1) is 6.07. The van der Waals surface area contributed by atoms with E-state index in [-0.39, 0.29) is 5.41 Å². The lowest BCUT2D eigenvalue weighted by atomic mass is 9.90. The summed E-state index contributed by atoms with van der Waals surface area (Å²) < 4.78 is 1.76. The summed E-state index contributed by atoms with van der Waals surface area (Å²) in [6.07, 6.45) is 3.49. The van der Waals surface area contributed by atoms with Gasteiger partial charge in [0.05, 0.1) is 5.69 Å². The first-order valence-electron chi connectivity index (χ1n) is 4.43. The maximum Gasteiger partial charge on any atom is 0.125 e. The molecule has 13 heavy (non-hydrogen) atoms. The van der Waals surface area contributed by atoms with Crippen LogP contribution in [0.15, 0.2) is 6.20 Å². The molecule has 0 saturated heterocycles. The first kappa shape index (κ1) is 9.89. The largest absolute Gasteiger partial charge is 0.303 e. The minimum Gasteiger partial charge on any atom is -0.303 e. The van der Waals surface area contributed by atoms with Gasteiger partial charge < -0.3 is 4.79 Å². The van der Waals surface area contributed by atoms with Crippen molar-refractivity contribution < 1.29 is 4.79 Å². The molecule has 0 radical (unpaired) electrons. The average Bonchev–Trinajstić information content (AvgIpc) is 2.52. The molecule has 0 saturated carbocycles. The second-order valence-corrected chi connectivity index (χ2v) is 3.85. The highest BCUT2D eigenvalue weighted by atomic mass is 16.1. The summed E-state index contributed by atoms with van der Waals surface area (Å²) in [4.78, 5) is 10.7.